The molecule has 0 saturated carbocycles. The summed E-state index contributed by atoms with van der Waals surface area (Å²) in [6, 6.07) is 11.5. The Kier molecular flexibility index (Phi) is 7.36. The molecular weight excluding hydrogens is 399 g/mol. The summed E-state index contributed by atoms with van der Waals surface area (Å²) < 4.78 is 20.0. The highest BCUT2D eigenvalue weighted by Crippen LogP contribution is 2.23. The largest absolute Gasteiger partial charge is 0.497 e. The number of methoxy groups -OCH3 is 1. The summed E-state index contributed by atoms with van der Waals surface area (Å²) in [5, 5.41) is 3.07. The summed E-state index contributed by atoms with van der Waals surface area (Å²) in [7, 11) is 1.62. The molecule has 0 radical (unpaired) electrons. The minimum atomic E-state index is -0.519. The number of rotatable bonds is 9. The van der Waals surface area contributed by atoms with Crippen molar-refractivity contribution in [3.05, 3.63) is 70.5 Å². The van der Waals surface area contributed by atoms with E-state index >= 15 is 0 Å². The van der Waals surface area contributed by atoms with Crippen molar-refractivity contribution in [3.8, 4) is 5.75 Å². The summed E-state index contributed by atoms with van der Waals surface area (Å²) in [6.07, 6.45) is 1.31. The third-order valence-electron chi connectivity index (χ3n) is 5.32. The van der Waals surface area contributed by atoms with Gasteiger partial charge in [0.25, 0.3) is 5.56 Å². The zero-order valence-corrected chi connectivity index (χ0v) is 18.0. The van der Waals surface area contributed by atoms with Crippen LogP contribution in [-0.2, 0) is 11.3 Å². The Morgan fingerprint density at radius 3 is 2.71 bits per heavy atom. The Balaban J connectivity index is 1.76. The van der Waals surface area contributed by atoms with Crippen LogP contribution in [0.15, 0.2) is 53.6 Å². The Bertz CT molecular complexity index is 1110. The van der Waals surface area contributed by atoms with Gasteiger partial charge in [-0.3, -0.25) is 19.1 Å². The quantitative estimate of drug-likeness (QED) is 0.569. The molecule has 0 fully saturated rings. The van der Waals surface area contributed by atoms with Crippen LogP contribution in [0.3, 0.4) is 0 Å². The second-order valence-electron chi connectivity index (χ2n) is 7.16. The van der Waals surface area contributed by atoms with E-state index in [-0.39, 0.29) is 23.9 Å². The topological polar surface area (TPSA) is 76.5 Å². The van der Waals surface area contributed by atoms with E-state index in [9.17, 15) is 14.0 Å². The van der Waals surface area contributed by atoms with Crippen LogP contribution in [0.2, 0.25) is 0 Å². The fourth-order valence-corrected chi connectivity index (χ4v) is 3.64. The number of fused-ring (bicyclic) bond motifs is 1. The van der Waals surface area contributed by atoms with Crippen molar-refractivity contribution in [2.45, 2.75) is 26.4 Å². The molecule has 3 rings (SSSR count). The molecule has 0 aliphatic carbocycles. The van der Waals surface area contributed by atoms with E-state index in [0.29, 0.717) is 12.1 Å². The molecule has 0 saturated heterocycles. The maximum atomic E-state index is 13.5. The molecule has 2 aromatic carbocycles. The zero-order valence-electron chi connectivity index (χ0n) is 18.0. The van der Waals surface area contributed by atoms with Gasteiger partial charge in [-0.1, -0.05) is 26.0 Å². The third-order valence-corrected chi connectivity index (χ3v) is 5.32. The van der Waals surface area contributed by atoms with Crippen molar-refractivity contribution in [3.63, 3.8) is 0 Å². The Morgan fingerprint density at radius 1 is 1.23 bits per heavy atom. The monoisotopic (exact) mass is 426 g/mol. The van der Waals surface area contributed by atoms with Gasteiger partial charge < -0.3 is 10.1 Å². The highest BCUT2D eigenvalue weighted by molar-refractivity contribution is 5.79. The van der Waals surface area contributed by atoms with Gasteiger partial charge in [-0.25, -0.2) is 9.37 Å². The lowest BCUT2D eigenvalue weighted by Crippen LogP contribution is -2.40. The van der Waals surface area contributed by atoms with Gasteiger partial charge in [0.15, 0.2) is 0 Å². The molecule has 8 heteroatoms. The number of hydrogen-bond acceptors (Lipinski definition) is 5. The molecule has 1 amide bonds. The minimum Gasteiger partial charge on any atom is -0.497 e. The number of nitrogens with one attached hydrogen (secondary N) is 1. The number of hydrogen-bond donors (Lipinski definition) is 1. The van der Waals surface area contributed by atoms with E-state index in [0.717, 1.165) is 30.5 Å². The van der Waals surface area contributed by atoms with Crippen LogP contribution in [0, 0.1) is 5.82 Å². The first-order valence-corrected chi connectivity index (χ1v) is 10.3. The van der Waals surface area contributed by atoms with E-state index in [1.165, 1.54) is 23.0 Å². The standard InChI is InChI=1S/C23H27FN4O3/c1-4-27(5-2)21(16-7-6-8-18(11-16)31-3)13-25-22(29)14-28-15-26-20-10-9-17(24)12-19(20)23(28)30/h6-12,15,21H,4-5,13-14H2,1-3H3,(H,25,29). The van der Waals surface area contributed by atoms with Crippen molar-refractivity contribution < 1.29 is 13.9 Å². The van der Waals surface area contributed by atoms with Gasteiger partial charge in [0.2, 0.25) is 5.91 Å². The molecule has 1 unspecified atom stereocenters. The van der Waals surface area contributed by atoms with E-state index in [2.05, 4.69) is 29.0 Å². The van der Waals surface area contributed by atoms with Crippen LogP contribution < -0.4 is 15.6 Å². The number of carbonyl (C=O) groups excluding carboxylic acids is 1. The second-order valence-corrected chi connectivity index (χ2v) is 7.16. The molecule has 3 aromatic rings. The van der Waals surface area contributed by atoms with Gasteiger partial charge in [-0.15, -0.1) is 0 Å². The van der Waals surface area contributed by atoms with E-state index in [1.807, 2.05) is 24.3 Å². The molecule has 0 aliphatic heterocycles. The fourth-order valence-electron chi connectivity index (χ4n) is 3.64. The van der Waals surface area contributed by atoms with Gasteiger partial charge in [0, 0.05) is 6.54 Å². The summed E-state index contributed by atoms with van der Waals surface area (Å²) in [5.74, 6) is -0.0873. The van der Waals surface area contributed by atoms with Crippen LogP contribution in [0.4, 0.5) is 4.39 Å². The van der Waals surface area contributed by atoms with E-state index in [4.69, 9.17) is 4.74 Å². The first kappa shape index (κ1) is 22.4. The summed E-state index contributed by atoms with van der Waals surface area (Å²) in [6.45, 7) is 5.94. The Morgan fingerprint density at radius 2 is 2.00 bits per heavy atom. The zero-order chi connectivity index (χ0) is 22.4. The highest BCUT2D eigenvalue weighted by Gasteiger charge is 2.20. The first-order chi connectivity index (χ1) is 15.0. The maximum absolute atomic E-state index is 13.5. The van der Waals surface area contributed by atoms with Crippen molar-refractivity contribution in [2.75, 3.05) is 26.7 Å². The van der Waals surface area contributed by atoms with Gasteiger partial charge in [0.1, 0.15) is 18.1 Å². The molecule has 1 N–H and O–H groups in total. The van der Waals surface area contributed by atoms with Crippen molar-refractivity contribution in [1.82, 2.24) is 19.8 Å². The first-order valence-electron chi connectivity index (χ1n) is 10.3. The van der Waals surface area contributed by atoms with Crippen LogP contribution in [0.5, 0.6) is 5.75 Å². The van der Waals surface area contributed by atoms with Crippen molar-refractivity contribution in [1.29, 1.82) is 0 Å². The molecule has 0 bridgehead atoms. The lowest BCUT2D eigenvalue weighted by Gasteiger charge is -2.30. The summed E-state index contributed by atoms with van der Waals surface area (Å²) in [5.41, 5.74) is 0.971. The lowest BCUT2D eigenvalue weighted by atomic mass is 10.0. The van der Waals surface area contributed by atoms with Crippen molar-refractivity contribution in [2.24, 2.45) is 0 Å². The second kappa shape index (κ2) is 10.2. The van der Waals surface area contributed by atoms with Crippen LogP contribution in [0.1, 0.15) is 25.5 Å². The maximum Gasteiger partial charge on any atom is 0.261 e. The number of nitrogens with zero attached hydrogens (tertiary/aromatic N) is 3. The van der Waals surface area contributed by atoms with Gasteiger partial charge >= 0.3 is 0 Å². The minimum absolute atomic E-state index is 0.0467. The number of carbonyl (C=O) groups is 1. The molecule has 0 aliphatic rings. The summed E-state index contributed by atoms with van der Waals surface area (Å²) >= 11 is 0. The summed E-state index contributed by atoms with van der Waals surface area (Å²) in [4.78, 5) is 31.6. The molecule has 7 nitrogen and oxygen atoms in total. The molecule has 1 atom stereocenters. The number of ether oxygens (including phenoxy) is 1. The number of halogens is 1. The van der Waals surface area contributed by atoms with Crippen LogP contribution >= 0.6 is 0 Å². The SMILES string of the molecule is CCN(CC)C(CNC(=O)Cn1cnc2ccc(F)cc2c1=O)c1cccc(OC)c1. The lowest BCUT2D eigenvalue weighted by molar-refractivity contribution is -0.122. The number of amides is 1. The molecule has 1 aromatic heterocycles. The van der Waals surface area contributed by atoms with Crippen LogP contribution in [-0.4, -0.2) is 47.1 Å². The Hall–Kier alpha value is -3.26. The highest BCUT2D eigenvalue weighted by atomic mass is 19.1. The van der Waals surface area contributed by atoms with Gasteiger partial charge in [-0.05, 0) is 49.0 Å². The van der Waals surface area contributed by atoms with Gasteiger partial charge in [0.05, 0.1) is 30.4 Å². The normalized spacial score (nSPS) is 12.2. The van der Waals surface area contributed by atoms with Crippen LogP contribution in [0.25, 0.3) is 10.9 Å². The van der Waals surface area contributed by atoms with E-state index in [1.54, 1.807) is 7.11 Å². The molecule has 164 valence electrons. The third kappa shape index (κ3) is 5.27. The van der Waals surface area contributed by atoms with Crippen molar-refractivity contribution >= 4 is 16.8 Å². The molecule has 1 heterocycles. The predicted molar refractivity (Wildman–Crippen MR) is 118 cm³/mol. The smallest absolute Gasteiger partial charge is 0.261 e. The fraction of sp³-hybridized carbons (Fsp3) is 0.348. The van der Waals surface area contributed by atoms with E-state index < -0.39 is 11.4 Å². The molecule has 31 heavy (non-hydrogen) atoms. The Labute approximate surface area is 180 Å². The average molecular weight is 426 g/mol. The number of aromatic nitrogens is 2. The predicted octanol–water partition coefficient (Wildman–Crippen LogP) is 2.74. The van der Waals surface area contributed by atoms with Gasteiger partial charge in [-0.2, -0.15) is 0 Å². The number of likely N-dealkylation sites (N-methyl/N-ethyl adjacent to an activating group) is 1. The number of benzene rings is 2. The average Bonchev–Trinajstić information content (AvgIpc) is 2.79. The molecule has 0 spiro atoms. The molecular formula is C23H27FN4O3.